The highest BCUT2D eigenvalue weighted by Gasteiger charge is 2.22. The van der Waals surface area contributed by atoms with E-state index in [1.54, 1.807) is 4.68 Å². The second kappa shape index (κ2) is 6.83. The maximum absolute atomic E-state index is 12.1. The van der Waals surface area contributed by atoms with Gasteiger partial charge in [-0.25, -0.2) is 4.68 Å². The Bertz CT molecular complexity index is 437. The molecule has 1 amide bonds. The van der Waals surface area contributed by atoms with Crippen LogP contribution in [0.3, 0.4) is 0 Å². The van der Waals surface area contributed by atoms with Gasteiger partial charge in [0.1, 0.15) is 6.04 Å². The Labute approximate surface area is 120 Å². The minimum atomic E-state index is -0.322. The molecule has 1 unspecified atom stereocenters. The molecule has 1 aliphatic rings. The van der Waals surface area contributed by atoms with Crippen LogP contribution in [0.4, 0.5) is 0 Å². The first kappa shape index (κ1) is 15.0. The van der Waals surface area contributed by atoms with Gasteiger partial charge in [-0.2, -0.15) is 0 Å². The molecule has 112 valence electrons. The number of carbonyl (C=O) groups excluding carboxylic acids is 1. The quantitative estimate of drug-likeness (QED) is 0.754. The molecule has 0 bridgehead atoms. The molecule has 1 aromatic rings. The molecule has 6 nitrogen and oxygen atoms in total. The summed E-state index contributed by atoms with van der Waals surface area (Å²) in [5.74, 6) is 0.00491. The first-order valence-electron chi connectivity index (χ1n) is 7.58. The summed E-state index contributed by atoms with van der Waals surface area (Å²) in [5.41, 5.74) is 0.888. The van der Waals surface area contributed by atoms with Gasteiger partial charge in [0, 0.05) is 18.6 Å². The molecular formula is C14H25N5O. The van der Waals surface area contributed by atoms with E-state index in [0.717, 1.165) is 25.1 Å². The zero-order valence-electron chi connectivity index (χ0n) is 12.6. The highest BCUT2D eigenvalue weighted by atomic mass is 16.2. The Balaban J connectivity index is 1.86. The maximum atomic E-state index is 12.1. The van der Waals surface area contributed by atoms with E-state index in [1.165, 1.54) is 12.8 Å². The Morgan fingerprint density at radius 1 is 1.45 bits per heavy atom. The van der Waals surface area contributed by atoms with E-state index >= 15 is 0 Å². The monoisotopic (exact) mass is 279 g/mol. The van der Waals surface area contributed by atoms with E-state index in [2.05, 4.69) is 34.8 Å². The molecule has 1 aromatic heterocycles. The van der Waals surface area contributed by atoms with E-state index < -0.39 is 0 Å². The third-order valence-corrected chi connectivity index (χ3v) is 3.82. The molecule has 1 atom stereocenters. The average molecular weight is 279 g/mol. The number of carbonyl (C=O) groups is 1. The fourth-order valence-corrected chi connectivity index (χ4v) is 2.05. The van der Waals surface area contributed by atoms with Crippen molar-refractivity contribution in [2.24, 2.45) is 0 Å². The molecule has 2 rings (SSSR count). The lowest BCUT2D eigenvalue weighted by molar-refractivity contribution is -0.124. The zero-order chi connectivity index (χ0) is 14.5. The van der Waals surface area contributed by atoms with Crippen LogP contribution >= 0.6 is 0 Å². The summed E-state index contributed by atoms with van der Waals surface area (Å²) in [7, 11) is 0. The van der Waals surface area contributed by atoms with Crippen LogP contribution in [0.25, 0.3) is 0 Å². The lowest BCUT2D eigenvalue weighted by atomic mass is 10.1. The van der Waals surface area contributed by atoms with Crippen LogP contribution in [0.1, 0.15) is 58.2 Å². The molecule has 1 fully saturated rings. The molecular weight excluding hydrogens is 254 g/mol. The summed E-state index contributed by atoms with van der Waals surface area (Å²) in [5, 5.41) is 14.6. The Morgan fingerprint density at radius 2 is 2.15 bits per heavy atom. The maximum Gasteiger partial charge on any atom is 0.244 e. The van der Waals surface area contributed by atoms with E-state index in [0.29, 0.717) is 6.04 Å². The van der Waals surface area contributed by atoms with Crippen molar-refractivity contribution >= 4 is 5.91 Å². The number of hydrogen-bond donors (Lipinski definition) is 2. The minimum Gasteiger partial charge on any atom is -0.352 e. The topological polar surface area (TPSA) is 71.8 Å². The fraction of sp³-hybridized carbons (Fsp3) is 0.786. The van der Waals surface area contributed by atoms with E-state index in [-0.39, 0.29) is 18.0 Å². The number of amides is 1. The molecule has 0 saturated heterocycles. The van der Waals surface area contributed by atoms with E-state index in [9.17, 15) is 4.79 Å². The second-order valence-corrected chi connectivity index (χ2v) is 5.54. The summed E-state index contributed by atoms with van der Waals surface area (Å²) in [6.07, 6.45) is 6.25. The van der Waals surface area contributed by atoms with Gasteiger partial charge in [0.15, 0.2) is 0 Å². The van der Waals surface area contributed by atoms with Gasteiger partial charge in [-0.3, -0.25) is 4.79 Å². The molecule has 0 aromatic carbocycles. The van der Waals surface area contributed by atoms with Gasteiger partial charge >= 0.3 is 0 Å². The fourth-order valence-electron chi connectivity index (χ4n) is 2.05. The van der Waals surface area contributed by atoms with Gasteiger partial charge in [-0.1, -0.05) is 19.1 Å². The van der Waals surface area contributed by atoms with Crippen LogP contribution in [0.15, 0.2) is 6.20 Å². The van der Waals surface area contributed by atoms with E-state index in [1.807, 2.05) is 13.1 Å². The van der Waals surface area contributed by atoms with E-state index in [4.69, 9.17) is 0 Å². The number of nitrogens with one attached hydrogen (secondary N) is 2. The van der Waals surface area contributed by atoms with Crippen LogP contribution < -0.4 is 10.6 Å². The van der Waals surface area contributed by atoms with Crippen molar-refractivity contribution in [1.82, 2.24) is 25.6 Å². The predicted molar refractivity (Wildman–Crippen MR) is 77.1 cm³/mol. The number of rotatable bonds is 8. The molecule has 2 N–H and O–H groups in total. The van der Waals surface area contributed by atoms with Crippen molar-refractivity contribution in [3.8, 4) is 0 Å². The molecule has 1 saturated carbocycles. The van der Waals surface area contributed by atoms with Gasteiger partial charge in [0.25, 0.3) is 0 Å². The summed E-state index contributed by atoms with van der Waals surface area (Å²) in [4.78, 5) is 12.1. The standard InChI is InChI=1S/C14H25N5O/c1-4-11(5-2)16-14(20)10(3)19-9-13(17-18-19)8-15-12-6-7-12/h9-12,15H,4-8H2,1-3H3,(H,16,20). The van der Waals surface area contributed by atoms with Crippen molar-refractivity contribution in [3.05, 3.63) is 11.9 Å². The first-order chi connectivity index (χ1) is 9.63. The third-order valence-electron chi connectivity index (χ3n) is 3.82. The number of aromatic nitrogens is 3. The summed E-state index contributed by atoms with van der Waals surface area (Å²) < 4.78 is 1.64. The van der Waals surface area contributed by atoms with Crippen LogP contribution in [-0.4, -0.2) is 33.0 Å². The van der Waals surface area contributed by atoms with Gasteiger partial charge in [0.2, 0.25) is 5.91 Å². The average Bonchev–Trinajstić information content (AvgIpc) is 3.18. The van der Waals surface area contributed by atoms with Crippen LogP contribution in [0.5, 0.6) is 0 Å². The van der Waals surface area contributed by atoms with Crippen LogP contribution in [-0.2, 0) is 11.3 Å². The normalized spacial score (nSPS) is 16.4. The van der Waals surface area contributed by atoms with Crippen LogP contribution in [0.2, 0.25) is 0 Å². The van der Waals surface area contributed by atoms with Gasteiger partial charge in [-0.05, 0) is 32.6 Å². The van der Waals surface area contributed by atoms with Crippen LogP contribution in [0, 0.1) is 0 Å². The molecule has 0 radical (unpaired) electrons. The van der Waals surface area contributed by atoms with Crippen molar-refractivity contribution in [2.45, 2.75) is 71.1 Å². The molecule has 6 heteroatoms. The molecule has 0 aliphatic heterocycles. The lowest BCUT2D eigenvalue weighted by Crippen LogP contribution is -2.38. The summed E-state index contributed by atoms with van der Waals surface area (Å²) in [6.45, 7) is 6.74. The third kappa shape index (κ3) is 4.03. The van der Waals surface area contributed by atoms with Crippen molar-refractivity contribution in [3.63, 3.8) is 0 Å². The van der Waals surface area contributed by atoms with Crippen molar-refractivity contribution < 1.29 is 4.79 Å². The van der Waals surface area contributed by atoms with Gasteiger partial charge in [0.05, 0.1) is 11.9 Å². The Kier molecular flexibility index (Phi) is 5.11. The molecule has 1 heterocycles. The lowest BCUT2D eigenvalue weighted by Gasteiger charge is -2.18. The molecule has 0 spiro atoms. The van der Waals surface area contributed by atoms with Gasteiger partial charge < -0.3 is 10.6 Å². The largest absolute Gasteiger partial charge is 0.352 e. The second-order valence-electron chi connectivity index (χ2n) is 5.54. The minimum absolute atomic E-state index is 0.00491. The highest BCUT2D eigenvalue weighted by Crippen LogP contribution is 2.19. The summed E-state index contributed by atoms with van der Waals surface area (Å²) in [6, 6.07) is 0.568. The molecule has 1 aliphatic carbocycles. The number of nitrogens with zero attached hydrogens (tertiary/aromatic N) is 3. The highest BCUT2D eigenvalue weighted by molar-refractivity contribution is 5.80. The first-order valence-corrected chi connectivity index (χ1v) is 7.58. The summed E-state index contributed by atoms with van der Waals surface area (Å²) >= 11 is 0. The smallest absolute Gasteiger partial charge is 0.244 e. The SMILES string of the molecule is CCC(CC)NC(=O)C(C)n1cc(CNC2CC2)nn1. The predicted octanol–water partition coefficient (Wildman–Crippen LogP) is 1.40. The van der Waals surface area contributed by atoms with Crippen molar-refractivity contribution in [1.29, 1.82) is 0 Å². The Morgan fingerprint density at radius 3 is 2.75 bits per heavy atom. The Hall–Kier alpha value is -1.43. The number of hydrogen-bond acceptors (Lipinski definition) is 4. The van der Waals surface area contributed by atoms with Gasteiger partial charge in [-0.15, -0.1) is 5.10 Å². The zero-order valence-corrected chi connectivity index (χ0v) is 12.6. The van der Waals surface area contributed by atoms with Crippen molar-refractivity contribution in [2.75, 3.05) is 0 Å². The molecule has 20 heavy (non-hydrogen) atoms.